The molecule has 2 aromatic rings. The summed E-state index contributed by atoms with van der Waals surface area (Å²) in [6, 6.07) is 12.7. The normalized spacial score (nSPS) is 16.6. The number of rotatable bonds is 5. The molecule has 0 saturated carbocycles. The number of nitrogens with zero attached hydrogens (tertiary/aromatic N) is 1. The van der Waals surface area contributed by atoms with Crippen LogP contribution >= 0.6 is 0 Å². The van der Waals surface area contributed by atoms with Gasteiger partial charge in [0.25, 0.3) is 0 Å². The summed E-state index contributed by atoms with van der Waals surface area (Å²) in [6.45, 7) is 4.20. The van der Waals surface area contributed by atoms with Crippen molar-refractivity contribution in [1.82, 2.24) is 4.90 Å². The van der Waals surface area contributed by atoms with E-state index >= 15 is 0 Å². The first-order valence-electron chi connectivity index (χ1n) is 8.44. The van der Waals surface area contributed by atoms with Gasteiger partial charge in [-0.1, -0.05) is 6.42 Å². The zero-order chi connectivity index (χ0) is 16.9. The lowest BCUT2D eigenvalue weighted by Gasteiger charge is -2.32. The van der Waals surface area contributed by atoms with Crippen molar-refractivity contribution in [2.24, 2.45) is 0 Å². The number of halogens is 1. The standard InChI is InChI=1S/C20H22FNO2/c1-15(22-13-3-2-4-14-22)24-19-11-7-17(8-12-19)20(23)16-5-9-18(21)10-6-16/h5-12,15H,2-4,13-14H2,1H3. The highest BCUT2D eigenvalue weighted by Gasteiger charge is 2.18. The smallest absolute Gasteiger partial charge is 0.193 e. The van der Waals surface area contributed by atoms with Crippen molar-refractivity contribution in [1.29, 1.82) is 0 Å². The number of ketones is 1. The third-order valence-electron chi connectivity index (χ3n) is 4.43. The molecule has 1 atom stereocenters. The summed E-state index contributed by atoms with van der Waals surface area (Å²) in [7, 11) is 0. The van der Waals surface area contributed by atoms with Crippen LogP contribution in [-0.4, -0.2) is 30.0 Å². The molecular weight excluding hydrogens is 305 g/mol. The summed E-state index contributed by atoms with van der Waals surface area (Å²) in [4.78, 5) is 14.7. The van der Waals surface area contributed by atoms with Crippen LogP contribution in [0.25, 0.3) is 0 Å². The van der Waals surface area contributed by atoms with Gasteiger partial charge in [-0.2, -0.15) is 0 Å². The quantitative estimate of drug-likeness (QED) is 0.768. The van der Waals surface area contributed by atoms with Crippen molar-refractivity contribution in [3.05, 3.63) is 65.5 Å². The number of likely N-dealkylation sites (tertiary alicyclic amines) is 1. The summed E-state index contributed by atoms with van der Waals surface area (Å²) in [5.41, 5.74) is 1.05. The Morgan fingerprint density at radius 2 is 1.50 bits per heavy atom. The average molecular weight is 327 g/mol. The van der Waals surface area contributed by atoms with E-state index in [9.17, 15) is 9.18 Å². The Bertz CT molecular complexity index is 676. The summed E-state index contributed by atoms with van der Waals surface area (Å²) in [5.74, 6) is 0.288. The maximum absolute atomic E-state index is 12.9. The van der Waals surface area contributed by atoms with Gasteiger partial charge in [0, 0.05) is 24.2 Å². The molecule has 4 heteroatoms. The molecule has 1 fully saturated rings. The fraction of sp³-hybridized carbons (Fsp3) is 0.350. The molecule has 0 bridgehead atoms. The zero-order valence-corrected chi connectivity index (χ0v) is 13.9. The summed E-state index contributed by atoms with van der Waals surface area (Å²) in [6.07, 6.45) is 3.77. The lowest BCUT2D eigenvalue weighted by atomic mass is 10.0. The number of hydrogen-bond donors (Lipinski definition) is 0. The van der Waals surface area contributed by atoms with Crippen LogP contribution in [0.3, 0.4) is 0 Å². The van der Waals surface area contributed by atoms with E-state index < -0.39 is 0 Å². The van der Waals surface area contributed by atoms with Gasteiger partial charge in [0.05, 0.1) is 0 Å². The lowest BCUT2D eigenvalue weighted by molar-refractivity contribution is 0.0262. The van der Waals surface area contributed by atoms with Gasteiger partial charge in [-0.15, -0.1) is 0 Å². The third-order valence-corrected chi connectivity index (χ3v) is 4.43. The van der Waals surface area contributed by atoms with Crippen LogP contribution in [0.1, 0.15) is 42.1 Å². The molecule has 0 radical (unpaired) electrons. The predicted octanol–water partition coefficient (Wildman–Crippen LogP) is 4.27. The molecule has 0 N–H and O–H groups in total. The molecule has 126 valence electrons. The molecule has 0 amide bonds. The maximum Gasteiger partial charge on any atom is 0.193 e. The number of benzene rings is 2. The second-order valence-electron chi connectivity index (χ2n) is 6.17. The Kier molecular flexibility index (Phi) is 5.26. The first kappa shape index (κ1) is 16.7. The largest absolute Gasteiger partial charge is 0.475 e. The van der Waals surface area contributed by atoms with E-state index in [1.54, 1.807) is 12.1 Å². The third kappa shape index (κ3) is 4.01. The molecule has 1 aliphatic heterocycles. The Morgan fingerprint density at radius 3 is 2.08 bits per heavy atom. The fourth-order valence-electron chi connectivity index (χ4n) is 3.01. The number of carbonyl (C=O) groups is 1. The van der Waals surface area contributed by atoms with Gasteiger partial charge in [-0.25, -0.2) is 4.39 Å². The number of piperidine rings is 1. The zero-order valence-electron chi connectivity index (χ0n) is 13.9. The highest BCUT2D eigenvalue weighted by atomic mass is 19.1. The van der Waals surface area contributed by atoms with E-state index in [1.807, 2.05) is 12.1 Å². The number of ether oxygens (including phenoxy) is 1. The van der Waals surface area contributed by atoms with Crippen molar-refractivity contribution in [3.63, 3.8) is 0 Å². The monoisotopic (exact) mass is 327 g/mol. The van der Waals surface area contributed by atoms with Crippen LogP contribution in [0.4, 0.5) is 4.39 Å². The van der Waals surface area contributed by atoms with Crippen molar-refractivity contribution in [2.45, 2.75) is 32.4 Å². The van der Waals surface area contributed by atoms with E-state index in [-0.39, 0.29) is 17.8 Å². The molecular formula is C20H22FNO2. The molecule has 1 unspecified atom stereocenters. The molecule has 0 aromatic heterocycles. The van der Waals surface area contributed by atoms with Crippen molar-refractivity contribution in [3.8, 4) is 5.75 Å². The van der Waals surface area contributed by atoms with Gasteiger partial charge in [0.2, 0.25) is 0 Å². The first-order chi connectivity index (χ1) is 11.6. The van der Waals surface area contributed by atoms with Crippen LogP contribution in [0.5, 0.6) is 5.75 Å². The van der Waals surface area contributed by atoms with Gasteiger partial charge in [0.1, 0.15) is 17.8 Å². The Balaban J connectivity index is 1.64. The van der Waals surface area contributed by atoms with Crippen LogP contribution in [-0.2, 0) is 0 Å². The molecule has 1 saturated heterocycles. The fourth-order valence-corrected chi connectivity index (χ4v) is 3.01. The minimum atomic E-state index is -0.345. The van der Waals surface area contributed by atoms with Crippen molar-refractivity contribution in [2.75, 3.05) is 13.1 Å². The molecule has 24 heavy (non-hydrogen) atoms. The lowest BCUT2D eigenvalue weighted by Crippen LogP contribution is -2.40. The van der Waals surface area contributed by atoms with Gasteiger partial charge >= 0.3 is 0 Å². The molecule has 0 spiro atoms. The second-order valence-corrected chi connectivity index (χ2v) is 6.17. The van der Waals surface area contributed by atoms with Crippen LogP contribution in [0.15, 0.2) is 48.5 Å². The summed E-state index contributed by atoms with van der Waals surface area (Å²) >= 11 is 0. The van der Waals surface area contributed by atoms with E-state index in [2.05, 4.69) is 11.8 Å². The Labute approximate surface area is 142 Å². The second kappa shape index (κ2) is 7.58. The van der Waals surface area contributed by atoms with E-state index in [4.69, 9.17) is 4.74 Å². The number of carbonyl (C=O) groups excluding carboxylic acids is 1. The van der Waals surface area contributed by atoms with Gasteiger partial charge in [-0.3, -0.25) is 9.69 Å². The average Bonchev–Trinajstić information content (AvgIpc) is 2.63. The van der Waals surface area contributed by atoms with E-state index in [0.29, 0.717) is 11.1 Å². The molecule has 3 rings (SSSR count). The first-order valence-corrected chi connectivity index (χ1v) is 8.44. The van der Waals surface area contributed by atoms with Gasteiger partial charge in [0.15, 0.2) is 5.78 Å². The molecule has 1 heterocycles. The highest BCUT2D eigenvalue weighted by Crippen LogP contribution is 2.19. The molecule has 2 aromatic carbocycles. The summed E-state index contributed by atoms with van der Waals surface area (Å²) in [5, 5.41) is 0. The molecule has 0 aliphatic carbocycles. The highest BCUT2D eigenvalue weighted by molar-refractivity contribution is 6.08. The van der Waals surface area contributed by atoms with Gasteiger partial charge < -0.3 is 4.74 Å². The SMILES string of the molecule is CC(Oc1ccc(C(=O)c2ccc(F)cc2)cc1)N1CCCCC1. The Morgan fingerprint density at radius 1 is 0.958 bits per heavy atom. The van der Waals surface area contributed by atoms with E-state index in [1.165, 1.54) is 43.5 Å². The van der Waals surface area contributed by atoms with Gasteiger partial charge in [-0.05, 0) is 68.3 Å². The Hall–Kier alpha value is -2.20. The molecule has 3 nitrogen and oxygen atoms in total. The molecule has 1 aliphatic rings. The topological polar surface area (TPSA) is 29.5 Å². The van der Waals surface area contributed by atoms with E-state index in [0.717, 1.165) is 18.8 Å². The van der Waals surface area contributed by atoms with Crippen LogP contribution in [0.2, 0.25) is 0 Å². The summed E-state index contributed by atoms with van der Waals surface area (Å²) < 4.78 is 18.9. The minimum absolute atomic E-state index is 0.0314. The van der Waals surface area contributed by atoms with Crippen LogP contribution < -0.4 is 4.74 Å². The van der Waals surface area contributed by atoms with Crippen molar-refractivity contribution < 1.29 is 13.9 Å². The predicted molar refractivity (Wildman–Crippen MR) is 91.8 cm³/mol. The van der Waals surface area contributed by atoms with Crippen molar-refractivity contribution >= 4 is 5.78 Å². The minimum Gasteiger partial charge on any atom is -0.475 e. The van der Waals surface area contributed by atoms with Crippen LogP contribution in [0, 0.1) is 5.82 Å². The maximum atomic E-state index is 12.9. The number of hydrogen-bond acceptors (Lipinski definition) is 3.